The van der Waals surface area contributed by atoms with Gasteiger partial charge in [-0.05, 0) is 31.1 Å². The van der Waals surface area contributed by atoms with Crippen LogP contribution in [-0.4, -0.2) is 24.6 Å². The maximum atomic E-state index is 3.44. The Morgan fingerprint density at radius 3 is 2.21 bits per heavy atom. The number of hydrogen-bond donors (Lipinski definition) is 1. The molecule has 2 atom stereocenters. The van der Waals surface area contributed by atoms with Crippen LogP contribution >= 0.6 is 11.8 Å². The molecule has 0 amide bonds. The summed E-state index contributed by atoms with van der Waals surface area (Å²) in [5, 5.41) is 3.44. The lowest BCUT2D eigenvalue weighted by atomic mass is 9.98. The smallest absolute Gasteiger partial charge is 0.0180 e. The van der Waals surface area contributed by atoms with E-state index in [1.807, 2.05) is 0 Å². The number of nitrogens with one attached hydrogen (secondary N) is 1. The largest absolute Gasteiger partial charge is 0.316 e. The minimum Gasteiger partial charge on any atom is -0.316 e. The maximum Gasteiger partial charge on any atom is 0.0180 e. The quantitative estimate of drug-likeness (QED) is 0.669. The van der Waals surface area contributed by atoms with E-state index in [1.165, 1.54) is 24.3 Å². The summed E-state index contributed by atoms with van der Waals surface area (Å²) in [6, 6.07) is 0.693. The van der Waals surface area contributed by atoms with E-state index in [0.717, 1.165) is 11.8 Å². The first-order chi connectivity index (χ1) is 6.61. The Kier molecular flexibility index (Phi) is 8.80. The SMILES string of the molecule is CCCC(C)C(CSCC(C)C)NC. The van der Waals surface area contributed by atoms with Gasteiger partial charge >= 0.3 is 0 Å². The van der Waals surface area contributed by atoms with E-state index in [0.29, 0.717) is 6.04 Å². The van der Waals surface area contributed by atoms with Crippen LogP contribution in [0.5, 0.6) is 0 Å². The van der Waals surface area contributed by atoms with E-state index in [1.54, 1.807) is 0 Å². The lowest BCUT2D eigenvalue weighted by molar-refractivity contribution is 0.402. The summed E-state index contributed by atoms with van der Waals surface area (Å²) in [5.74, 6) is 4.18. The molecule has 0 spiro atoms. The summed E-state index contributed by atoms with van der Waals surface area (Å²) in [6.07, 6.45) is 2.64. The van der Waals surface area contributed by atoms with Crippen molar-refractivity contribution < 1.29 is 0 Å². The van der Waals surface area contributed by atoms with Crippen molar-refractivity contribution in [2.24, 2.45) is 11.8 Å². The molecule has 0 aromatic heterocycles. The van der Waals surface area contributed by atoms with E-state index in [4.69, 9.17) is 0 Å². The lowest BCUT2D eigenvalue weighted by Crippen LogP contribution is -2.34. The van der Waals surface area contributed by atoms with Gasteiger partial charge in [0, 0.05) is 11.8 Å². The Morgan fingerprint density at radius 2 is 1.79 bits per heavy atom. The zero-order valence-electron chi connectivity index (χ0n) is 10.5. The Hall–Kier alpha value is 0.310. The third kappa shape index (κ3) is 6.72. The fourth-order valence-corrected chi connectivity index (χ4v) is 2.98. The van der Waals surface area contributed by atoms with Gasteiger partial charge in [-0.15, -0.1) is 0 Å². The van der Waals surface area contributed by atoms with Crippen molar-refractivity contribution in [1.29, 1.82) is 0 Å². The van der Waals surface area contributed by atoms with Crippen LogP contribution in [0.1, 0.15) is 40.5 Å². The molecule has 2 unspecified atom stereocenters. The highest BCUT2D eigenvalue weighted by Crippen LogP contribution is 2.16. The summed E-state index contributed by atoms with van der Waals surface area (Å²) in [5.41, 5.74) is 0. The Balaban J connectivity index is 3.66. The zero-order valence-corrected chi connectivity index (χ0v) is 11.3. The van der Waals surface area contributed by atoms with Crippen molar-refractivity contribution in [1.82, 2.24) is 5.32 Å². The standard InChI is InChI=1S/C12H27NS/c1-6-7-11(4)12(13-5)9-14-8-10(2)3/h10-13H,6-9H2,1-5H3. The van der Waals surface area contributed by atoms with Crippen LogP contribution in [0.4, 0.5) is 0 Å². The van der Waals surface area contributed by atoms with Crippen molar-refractivity contribution in [2.45, 2.75) is 46.6 Å². The predicted molar refractivity (Wildman–Crippen MR) is 69.1 cm³/mol. The third-order valence-electron chi connectivity index (χ3n) is 2.55. The van der Waals surface area contributed by atoms with Crippen molar-refractivity contribution in [3.8, 4) is 0 Å². The Labute approximate surface area is 94.4 Å². The van der Waals surface area contributed by atoms with Gasteiger partial charge in [-0.25, -0.2) is 0 Å². The molecule has 14 heavy (non-hydrogen) atoms. The average molecular weight is 217 g/mol. The fraction of sp³-hybridized carbons (Fsp3) is 1.00. The van der Waals surface area contributed by atoms with Gasteiger partial charge in [-0.2, -0.15) is 11.8 Å². The highest BCUT2D eigenvalue weighted by Gasteiger charge is 2.14. The van der Waals surface area contributed by atoms with Gasteiger partial charge in [0.1, 0.15) is 0 Å². The van der Waals surface area contributed by atoms with Crippen molar-refractivity contribution in [3.63, 3.8) is 0 Å². The van der Waals surface area contributed by atoms with E-state index < -0.39 is 0 Å². The molecule has 0 saturated heterocycles. The van der Waals surface area contributed by atoms with Gasteiger partial charge < -0.3 is 5.32 Å². The van der Waals surface area contributed by atoms with E-state index >= 15 is 0 Å². The summed E-state index contributed by atoms with van der Waals surface area (Å²) in [6.45, 7) is 9.21. The second-order valence-electron chi connectivity index (χ2n) is 4.59. The molecule has 0 aliphatic rings. The molecule has 0 aliphatic carbocycles. The average Bonchev–Trinajstić information content (AvgIpc) is 2.12. The molecule has 0 bridgehead atoms. The van der Waals surface area contributed by atoms with Crippen LogP contribution in [0, 0.1) is 11.8 Å². The van der Waals surface area contributed by atoms with Crippen molar-refractivity contribution in [2.75, 3.05) is 18.6 Å². The first-order valence-electron chi connectivity index (χ1n) is 5.86. The molecule has 0 radical (unpaired) electrons. The molecule has 0 rings (SSSR count). The normalized spacial score (nSPS) is 15.9. The Morgan fingerprint density at radius 1 is 1.14 bits per heavy atom. The number of rotatable bonds is 8. The maximum absolute atomic E-state index is 3.44. The zero-order chi connectivity index (χ0) is 11.0. The van der Waals surface area contributed by atoms with Gasteiger partial charge in [0.25, 0.3) is 0 Å². The molecule has 1 nitrogen and oxygen atoms in total. The third-order valence-corrected chi connectivity index (χ3v) is 4.05. The minimum atomic E-state index is 0.693. The summed E-state index contributed by atoms with van der Waals surface area (Å²) >= 11 is 2.09. The molecule has 0 saturated carbocycles. The first-order valence-corrected chi connectivity index (χ1v) is 7.02. The summed E-state index contributed by atoms with van der Waals surface area (Å²) in [7, 11) is 2.09. The number of hydrogen-bond acceptors (Lipinski definition) is 2. The van der Waals surface area contributed by atoms with Crippen molar-refractivity contribution in [3.05, 3.63) is 0 Å². The van der Waals surface area contributed by atoms with Crippen molar-refractivity contribution >= 4 is 11.8 Å². The van der Waals surface area contributed by atoms with Gasteiger partial charge in [0.2, 0.25) is 0 Å². The van der Waals surface area contributed by atoms with Gasteiger partial charge in [-0.3, -0.25) is 0 Å². The first kappa shape index (κ1) is 14.3. The van der Waals surface area contributed by atoms with Gasteiger partial charge in [0.05, 0.1) is 0 Å². The Bertz CT molecular complexity index is 125. The van der Waals surface area contributed by atoms with Crippen LogP contribution < -0.4 is 5.32 Å². The second-order valence-corrected chi connectivity index (χ2v) is 5.67. The van der Waals surface area contributed by atoms with Crippen LogP contribution in [0.25, 0.3) is 0 Å². The van der Waals surface area contributed by atoms with Crippen LogP contribution in [0.2, 0.25) is 0 Å². The molecule has 0 fully saturated rings. The van der Waals surface area contributed by atoms with Crippen LogP contribution in [-0.2, 0) is 0 Å². The molecule has 0 aliphatic heterocycles. The van der Waals surface area contributed by atoms with E-state index in [-0.39, 0.29) is 0 Å². The lowest BCUT2D eigenvalue weighted by Gasteiger charge is -2.23. The van der Waals surface area contributed by atoms with Crippen LogP contribution in [0.15, 0.2) is 0 Å². The molecule has 0 aromatic rings. The highest BCUT2D eigenvalue weighted by molar-refractivity contribution is 7.99. The molecular formula is C12H27NS. The monoisotopic (exact) mass is 217 g/mol. The molecule has 0 aromatic carbocycles. The summed E-state index contributed by atoms with van der Waals surface area (Å²) in [4.78, 5) is 0. The topological polar surface area (TPSA) is 12.0 Å². The highest BCUT2D eigenvalue weighted by atomic mass is 32.2. The second kappa shape index (κ2) is 8.60. The number of thioether (sulfide) groups is 1. The van der Waals surface area contributed by atoms with Gasteiger partial charge in [0.15, 0.2) is 0 Å². The molecule has 1 N–H and O–H groups in total. The van der Waals surface area contributed by atoms with E-state index in [2.05, 4.69) is 51.8 Å². The van der Waals surface area contributed by atoms with Gasteiger partial charge in [-0.1, -0.05) is 34.1 Å². The fourth-order valence-electron chi connectivity index (χ4n) is 1.62. The molecule has 86 valence electrons. The summed E-state index contributed by atoms with van der Waals surface area (Å²) < 4.78 is 0. The molecular weight excluding hydrogens is 190 g/mol. The predicted octanol–water partition coefficient (Wildman–Crippen LogP) is 3.40. The van der Waals surface area contributed by atoms with E-state index in [9.17, 15) is 0 Å². The minimum absolute atomic E-state index is 0.693. The molecule has 0 heterocycles. The van der Waals surface area contributed by atoms with Crippen LogP contribution in [0.3, 0.4) is 0 Å². The molecule has 2 heteroatoms.